The Morgan fingerprint density at radius 2 is 2.06 bits per heavy atom. The van der Waals surface area contributed by atoms with Gasteiger partial charge in [0.25, 0.3) is 0 Å². The van der Waals surface area contributed by atoms with Gasteiger partial charge in [-0.2, -0.15) is 0 Å². The van der Waals surface area contributed by atoms with Gasteiger partial charge in [-0.15, -0.1) is 0 Å². The first-order chi connectivity index (χ1) is 7.68. The van der Waals surface area contributed by atoms with E-state index in [0.29, 0.717) is 16.2 Å². The summed E-state index contributed by atoms with van der Waals surface area (Å²) < 4.78 is 0.444. The van der Waals surface area contributed by atoms with Crippen LogP contribution in [0.1, 0.15) is 54.3 Å². The van der Waals surface area contributed by atoms with Crippen molar-refractivity contribution >= 4 is 21.9 Å². The van der Waals surface area contributed by atoms with Gasteiger partial charge in [0.1, 0.15) is 5.82 Å². The second-order valence-corrected chi connectivity index (χ2v) is 4.92. The molecule has 0 aliphatic heterocycles. The van der Waals surface area contributed by atoms with Gasteiger partial charge in [-0.05, 0) is 28.8 Å². The number of rotatable bonds is 2. The Balaban J connectivity index is 2.27. The molecule has 1 aliphatic rings. The van der Waals surface area contributed by atoms with E-state index >= 15 is 0 Å². The van der Waals surface area contributed by atoms with Gasteiger partial charge in [0.15, 0.2) is 5.69 Å². The summed E-state index contributed by atoms with van der Waals surface area (Å²) >= 11 is 3.15. The normalized spacial score (nSPS) is 17.3. The number of nitrogens with zero attached hydrogens (tertiary/aromatic N) is 2. The van der Waals surface area contributed by atoms with Crippen molar-refractivity contribution in [2.45, 2.75) is 38.0 Å². The van der Waals surface area contributed by atoms with E-state index in [1.807, 2.05) is 0 Å². The third kappa shape index (κ3) is 2.40. The first kappa shape index (κ1) is 11.5. The van der Waals surface area contributed by atoms with E-state index in [9.17, 15) is 4.79 Å². The summed E-state index contributed by atoms with van der Waals surface area (Å²) in [4.78, 5) is 19.3. The molecule has 1 aromatic heterocycles. The Bertz CT molecular complexity index is 403. The van der Waals surface area contributed by atoms with Crippen molar-refractivity contribution in [2.75, 3.05) is 0 Å². The lowest BCUT2D eigenvalue weighted by molar-refractivity contribution is 0.0688. The molecular formula is C11H13BrN2O2. The second-order valence-electron chi connectivity index (χ2n) is 4.06. The van der Waals surface area contributed by atoms with E-state index in [0.717, 1.165) is 12.8 Å². The van der Waals surface area contributed by atoms with Crippen LogP contribution in [0.2, 0.25) is 0 Å². The standard InChI is InChI=1S/C11H13BrN2O2/c12-8-6-13-10(14-9(8)11(15)16)7-4-2-1-3-5-7/h6-7H,1-5H2,(H,15,16). The van der Waals surface area contributed by atoms with Crippen molar-refractivity contribution in [2.24, 2.45) is 0 Å². The van der Waals surface area contributed by atoms with Crippen LogP contribution in [0.25, 0.3) is 0 Å². The molecule has 4 nitrogen and oxygen atoms in total. The van der Waals surface area contributed by atoms with Crippen molar-refractivity contribution in [3.05, 3.63) is 22.2 Å². The Kier molecular flexibility index (Phi) is 3.53. The molecule has 2 rings (SSSR count). The van der Waals surface area contributed by atoms with E-state index < -0.39 is 5.97 Å². The fourth-order valence-corrected chi connectivity index (χ4v) is 2.45. The summed E-state index contributed by atoms with van der Waals surface area (Å²) in [7, 11) is 0. The molecule has 0 amide bonds. The van der Waals surface area contributed by atoms with Crippen LogP contribution in [0, 0.1) is 0 Å². The van der Waals surface area contributed by atoms with E-state index in [1.165, 1.54) is 19.3 Å². The molecule has 0 aromatic carbocycles. The van der Waals surface area contributed by atoms with Crippen LogP contribution in [0.5, 0.6) is 0 Å². The van der Waals surface area contributed by atoms with Crippen LogP contribution in [0.4, 0.5) is 0 Å². The van der Waals surface area contributed by atoms with Crippen LogP contribution in [-0.4, -0.2) is 21.0 Å². The molecule has 16 heavy (non-hydrogen) atoms. The number of carboxylic acids is 1. The summed E-state index contributed by atoms with van der Waals surface area (Å²) in [5.41, 5.74) is 0.0653. The quantitative estimate of drug-likeness (QED) is 0.907. The van der Waals surface area contributed by atoms with E-state index in [4.69, 9.17) is 5.11 Å². The van der Waals surface area contributed by atoms with Gasteiger partial charge in [0.2, 0.25) is 0 Å². The van der Waals surface area contributed by atoms with Gasteiger partial charge in [-0.25, -0.2) is 14.8 Å². The number of carbonyl (C=O) groups is 1. The third-order valence-corrected chi connectivity index (χ3v) is 3.52. The fraction of sp³-hybridized carbons (Fsp3) is 0.545. The lowest BCUT2D eigenvalue weighted by atomic mass is 9.88. The molecule has 1 saturated carbocycles. The molecule has 1 heterocycles. The topological polar surface area (TPSA) is 63.1 Å². The molecule has 1 fully saturated rings. The fourth-order valence-electron chi connectivity index (χ4n) is 2.09. The average Bonchev–Trinajstić information content (AvgIpc) is 2.30. The minimum atomic E-state index is -1.01. The number of aromatic nitrogens is 2. The third-order valence-electron chi connectivity index (χ3n) is 2.94. The smallest absolute Gasteiger partial charge is 0.355 e. The minimum absolute atomic E-state index is 0.0653. The maximum Gasteiger partial charge on any atom is 0.355 e. The zero-order valence-corrected chi connectivity index (χ0v) is 10.4. The Morgan fingerprint density at radius 1 is 1.38 bits per heavy atom. The van der Waals surface area contributed by atoms with Crippen molar-refractivity contribution in [1.29, 1.82) is 0 Å². The number of hydrogen-bond acceptors (Lipinski definition) is 3. The second kappa shape index (κ2) is 4.91. The van der Waals surface area contributed by atoms with Gasteiger partial charge in [-0.1, -0.05) is 19.3 Å². The highest BCUT2D eigenvalue weighted by molar-refractivity contribution is 9.10. The number of hydrogen-bond donors (Lipinski definition) is 1. The maximum absolute atomic E-state index is 10.9. The monoisotopic (exact) mass is 284 g/mol. The molecule has 0 bridgehead atoms. The lowest BCUT2D eigenvalue weighted by Gasteiger charge is -2.20. The molecule has 5 heteroatoms. The minimum Gasteiger partial charge on any atom is -0.476 e. The average molecular weight is 285 g/mol. The van der Waals surface area contributed by atoms with Gasteiger partial charge in [-0.3, -0.25) is 0 Å². The van der Waals surface area contributed by atoms with Gasteiger partial charge < -0.3 is 5.11 Å². The molecular weight excluding hydrogens is 272 g/mol. The SMILES string of the molecule is O=C(O)c1nc(C2CCCCC2)ncc1Br. The van der Waals surface area contributed by atoms with E-state index in [2.05, 4.69) is 25.9 Å². The van der Waals surface area contributed by atoms with E-state index in [1.54, 1.807) is 6.20 Å². The van der Waals surface area contributed by atoms with Crippen molar-refractivity contribution in [3.63, 3.8) is 0 Å². The summed E-state index contributed by atoms with van der Waals surface area (Å²) in [5.74, 6) is 0.00610. The predicted molar refractivity (Wildman–Crippen MR) is 62.5 cm³/mol. The predicted octanol–water partition coefficient (Wildman–Crippen LogP) is 2.99. The lowest BCUT2D eigenvalue weighted by Crippen LogP contribution is -2.12. The van der Waals surface area contributed by atoms with Crippen molar-refractivity contribution < 1.29 is 9.90 Å². The maximum atomic E-state index is 10.9. The summed E-state index contributed by atoms with van der Waals surface area (Å²) in [6.45, 7) is 0. The highest BCUT2D eigenvalue weighted by Crippen LogP contribution is 2.31. The summed E-state index contributed by atoms with van der Waals surface area (Å²) in [6, 6.07) is 0. The van der Waals surface area contributed by atoms with Crippen LogP contribution >= 0.6 is 15.9 Å². The summed E-state index contributed by atoms with van der Waals surface area (Å²) in [6.07, 6.45) is 7.32. The Morgan fingerprint density at radius 3 is 2.69 bits per heavy atom. The molecule has 1 N–H and O–H groups in total. The Labute approximate surface area is 102 Å². The molecule has 0 atom stereocenters. The molecule has 1 aliphatic carbocycles. The van der Waals surface area contributed by atoms with Crippen LogP contribution in [0.3, 0.4) is 0 Å². The van der Waals surface area contributed by atoms with E-state index in [-0.39, 0.29) is 5.69 Å². The van der Waals surface area contributed by atoms with Crippen LogP contribution in [-0.2, 0) is 0 Å². The number of carboxylic acid groups (broad SMARTS) is 1. The zero-order valence-electron chi connectivity index (χ0n) is 8.82. The molecule has 1 aromatic rings. The highest BCUT2D eigenvalue weighted by atomic mass is 79.9. The number of halogens is 1. The van der Waals surface area contributed by atoms with Crippen LogP contribution < -0.4 is 0 Å². The van der Waals surface area contributed by atoms with Gasteiger partial charge >= 0.3 is 5.97 Å². The first-order valence-corrected chi connectivity index (χ1v) is 6.23. The Hall–Kier alpha value is -0.970. The van der Waals surface area contributed by atoms with Gasteiger partial charge in [0, 0.05) is 12.1 Å². The first-order valence-electron chi connectivity index (χ1n) is 5.44. The molecule has 0 spiro atoms. The molecule has 86 valence electrons. The molecule has 0 radical (unpaired) electrons. The number of aromatic carboxylic acids is 1. The summed E-state index contributed by atoms with van der Waals surface area (Å²) in [5, 5.41) is 8.97. The van der Waals surface area contributed by atoms with Gasteiger partial charge in [0.05, 0.1) is 4.47 Å². The highest BCUT2D eigenvalue weighted by Gasteiger charge is 2.20. The largest absolute Gasteiger partial charge is 0.476 e. The molecule has 0 saturated heterocycles. The zero-order chi connectivity index (χ0) is 11.5. The van der Waals surface area contributed by atoms with Crippen LogP contribution in [0.15, 0.2) is 10.7 Å². The molecule has 0 unspecified atom stereocenters. The van der Waals surface area contributed by atoms with Crippen molar-refractivity contribution in [3.8, 4) is 0 Å². The van der Waals surface area contributed by atoms with Crippen molar-refractivity contribution in [1.82, 2.24) is 9.97 Å².